The fourth-order valence-corrected chi connectivity index (χ4v) is 2.22. The third-order valence-corrected chi connectivity index (χ3v) is 4.32. The van der Waals surface area contributed by atoms with Crippen LogP contribution in [0.1, 0.15) is 44.1 Å². The Bertz CT molecular complexity index is 466. The smallest absolute Gasteiger partial charge is 0.144 e. The number of nitrogens with one attached hydrogen (secondary N) is 1. The summed E-state index contributed by atoms with van der Waals surface area (Å²) in [5, 5.41) is 0. The molecule has 3 nitrogen and oxygen atoms in total. The molecule has 1 aliphatic rings. The number of H-pyrrole nitrogens is 1. The number of halogens is 1. The normalized spacial score (nSPS) is 16.5. The standard InChI is InChI=1S/C11H15BrN2OS/c1-11(2,15-3)10-13-8(6-4-5-6)7(12)9(16)14-10/h6H,4-5H2,1-3H3,(H,13,14,16). The molecule has 0 radical (unpaired) electrons. The van der Waals surface area contributed by atoms with Crippen LogP contribution >= 0.6 is 28.1 Å². The van der Waals surface area contributed by atoms with E-state index < -0.39 is 5.60 Å². The second kappa shape index (κ2) is 4.20. The predicted molar refractivity (Wildman–Crippen MR) is 69.1 cm³/mol. The van der Waals surface area contributed by atoms with E-state index in [4.69, 9.17) is 17.0 Å². The molecule has 1 aromatic rings. The molecule has 0 spiro atoms. The number of rotatable bonds is 3. The van der Waals surface area contributed by atoms with E-state index in [-0.39, 0.29) is 0 Å². The van der Waals surface area contributed by atoms with Gasteiger partial charge in [-0.2, -0.15) is 0 Å². The van der Waals surface area contributed by atoms with Crippen LogP contribution in [0.2, 0.25) is 0 Å². The van der Waals surface area contributed by atoms with Gasteiger partial charge in [-0.25, -0.2) is 4.98 Å². The van der Waals surface area contributed by atoms with Gasteiger partial charge in [0.25, 0.3) is 0 Å². The highest BCUT2D eigenvalue weighted by molar-refractivity contribution is 9.10. The van der Waals surface area contributed by atoms with Gasteiger partial charge in [-0.1, -0.05) is 12.2 Å². The molecule has 0 amide bonds. The van der Waals surface area contributed by atoms with Gasteiger partial charge in [0.15, 0.2) is 0 Å². The highest BCUT2D eigenvalue weighted by Crippen LogP contribution is 2.42. The third kappa shape index (κ3) is 2.21. The lowest BCUT2D eigenvalue weighted by Gasteiger charge is -2.22. The molecular formula is C11H15BrN2OS. The quantitative estimate of drug-likeness (QED) is 0.866. The van der Waals surface area contributed by atoms with E-state index >= 15 is 0 Å². The second-order valence-corrected chi connectivity index (χ2v) is 5.79. The average molecular weight is 303 g/mol. The number of ether oxygens (including phenoxy) is 1. The number of nitrogens with zero attached hydrogens (tertiary/aromatic N) is 1. The molecular weight excluding hydrogens is 288 g/mol. The summed E-state index contributed by atoms with van der Waals surface area (Å²) in [6, 6.07) is 0. The van der Waals surface area contributed by atoms with Crippen LogP contribution in [-0.2, 0) is 10.3 Å². The molecule has 0 aromatic carbocycles. The van der Waals surface area contributed by atoms with E-state index in [0.29, 0.717) is 10.6 Å². The van der Waals surface area contributed by atoms with Gasteiger partial charge in [-0.3, -0.25) is 0 Å². The SMILES string of the molecule is COC(C)(C)c1nc(=S)c(Br)c(C2CC2)[nH]1. The lowest BCUT2D eigenvalue weighted by Crippen LogP contribution is -2.23. The van der Waals surface area contributed by atoms with Crippen molar-refractivity contribution in [2.75, 3.05) is 7.11 Å². The van der Waals surface area contributed by atoms with E-state index in [9.17, 15) is 0 Å². The number of hydrogen-bond donors (Lipinski definition) is 1. The summed E-state index contributed by atoms with van der Waals surface area (Å²) >= 11 is 8.76. The van der Waals surface area contributed by atoms with Crippen LogP contribution in [-0.4, -0.2) is 17.1 Å². The Balaban J connectivity index is 2.52. The van der Waals surface area contributed by atoms with Crippen LogP contribution in [0.3, 0.4) is 0 Å². The Morgan fingerprint density at radius 2 is 2.12 bits per heavy atom. The molecule has 1 saturated carbocycles. The molecule has 0 unspecified atom stereocenters. The summed E-state index contributed by atoms with van der Waals surface area (Å²) in [7, 11) is 1.68. The van der Waals surface area contributed by atoms with Crippen molar-refractivity contribution in [1.82, 2.24) is 9.97 Å². The van der Waals surface area contributed by atoms with Crippen LogP contribution in [0.15, 0.2) is 4.47 Å². The van der Waals surface area contributed by atoms with Crippen LogP contribution in [0.25, 0.3) is 0 Å². The first-order valence-electron chi connectivity index (χ1n) is 5.31. The number of aromatic amines is 1. The Hall–Kier alpha value is -0.260. The fraction of sp³-hybridized carbons (Fsp3) is 0.636. The van der Waals surface area contributed by atoms with Gasteiger partial charge in [0, 0.05) is 18.7 Å². The number of aromatic nitrogens is 2. The van der Waals surface area contributed by atoms with Crippen LogP contribution in [0, 0.1) is 4.64 Å². The van der Waals surface area contributed by atoms with Crippen molar-refractivity contribution in [2.45, 2.75) is 38.2 Å². The minimum atomic E-state index is -0.433. The summed E-state index contributed by atoms with van der Waals surface area (Å²) in [4.78, 5) is 7.73. The minimum Gasteiger partial charge on any atom is -0.371 e. The lowest BCUT2D eigenvalue weighted by atomic mass is 10.1. The summed E-state index contributed by atoms with van der Waals surface area (Å²) in [6.07, 6.45) is 2.45. The van der Waals surface area contributed by atoms with Crippen LogP contribution < -0.4 is 0 Å². The largest absolute Gasteiger partial charge is 0.371 e. The highest BCUT2D eigenvalue weighted by atomic mass is 79.9. The van der Waals surface area contributed by atoms with Crippen LogP contribution in [0.4, 0.5) is 0 Å². The van der Waals surface area contributed by atoms with Crippen LogP contribution in [0.5, 0.6) is 0 Å². The first-order chi connectivity index (χ1) is 7.45. The number of hydrogen-bond acceptors (Lipinski definition) is 3. The lowest BCUT2D eigenvalue weighted by molar-refractivity contribution is 0.0111. The van der Waals surface area contributed by atoms with Crippen molar-refractivity contribution >= 4 is 28.1 Å². The molecule has 1 aromatic heterocycles. The van der Waals surface area contributed by atoms with Gasteiger partial charge in [0.1, 0.15) is 16.1 Å². The van der Waals surface area contributed by atoms with Crippen molar-refractivity contribution in [2.24, 2.45) is 0 Å². The average Bonchev–Trinajstić information content (AvgIpc) is 3.05. The summed E-state index contributed by atoms with van der Waals surface area (Å²) < 4.78 is 6.96. The minimum absolute atomic E-state index is 0.433. The van der Waals surface area contributed by atoms with E-state index in [0.717, 1.165) is 10.3 Å². The van der Waals surface area contributed by atoms with E-state index in [2.05, 4.69) is 25.9 Å². The molecule has 0 saturated heterocycles. The molecule has 1 aliphatic carbocycles. The third-order valence-electron chi connectivity index (χ3n) is 2.96. The van der Waals surface area contributed by atoms with Gasteiger partial charge >= 0.3 is 0 Å². The first-order valence-corrected chi connectivity index (χ1v) is 6.51. The topological polar surface area (TPSA) is 37.9 Å². The first kappa shape index (κ1) is 12.2. The molecule has 0 bridgehead atoms. The van der Waals surface area contributed by atoms with Gasteiger partial charge in [0.05, 0.1) is 4.47 Å². The molecule has 16 heavy (non-hydrogen) atoms. The fourth-order valence-electron chi connectivity index (χ4n) is 1.51. The maximum absolute atomic E-state index is 5.42. The molecule has 2 rings (SSSR count). The summed E-state index contributed by atoms with van der Waals surface area (Å²) in [5.41, 5.74) is 0.734. The summed E-state index contributed by atoms with van der Waals surface area (Å²) in [6.45, 7) is 3.95. The zero-order chi connectivity index (χ0) is 11.9. The van der Waals surface area contributed by atoms with Crippen molar-refractivity contribution in [3.63, 3.8) is 0 Å². The Morgan fingerprint density at radius 3 is 2.62 bits per heavy atom. The van der Waals surface area contributed by atoms with E-state index in [1.165, 1.54) is 18.5 Å². The molecule has 1 fully saturated rings. The molecule has 88 valence electrons. The Kier molecular flexibility index (Phi) is 3.20. The Morgan fingerprint density at radius 1 is 1.50 bits per heavy atom. The molecule has 0 atom stereocenters. The molecule has 5 heteroatoms. The number of methoxy groups -OCH3 is 1. The van der Waals surface area contributed by atoms with Gasteiger partial charge < -0.3 is 9.72 Å². The zero-order valence-electron chi connectivity index (χ0n) is 9.63. The maximum Gasteiger partial charge on any atom is 0.144 e. The summed E-state index contributed by atoms with van der Waals surface area (Å²) in [5.74, 6) is 1.40. The predicted octanol–water partition coefficient (Wildman–Crippen LogP) is 3.66. The van der Waals surface area contributed by atoms with Gasteiger partial charge in [-0.15, -0.1) is 0 Å². The molecule has 0 aliphatic heterocycles. The van der Waals surface area contributed by atoms with E-state index in [1.807, 2.05) is 13.8 Å². The van der Waals surface area contributed by atoms with Gasteiger partial charge in [0.2, 0.25) is 0 Å². The monoisotopic (exact) mass is 302 g/mol. The molecule has 1 N–H and O–H groups in total. The van der Waals surface area contributed by atoms with Crippen molar-refractivity contribution in [1.29, 1.82) is 0 Å². The van der Waals surface area contributed by atoms with E-state index in [1.54, 1.807) is 7.11 Å². The highest BCUT2D eigenvalue weighted by Gasteiger charge is 2.30. The Labute approximate surface area is 109 Å². The second-order valence-electron chi connectivity index (χ2n) is 4.61. The van der Waals surface area contributed by atoms with Gasteiger partial charge in [-0.05, 0) is 42.6 Å². The molecule has 1 heterocycles. The zero-order valence-corrected chi connectivity index (χ0v) is 12.0. The van der Waals surface area contributed by atoms with Crippen molar-refractivity contribution < 1.29 is 4.74 Å². The van der Waals surface area contributed by atoms with Crippen molar-refractivity contribution in [3.05, 3.63) is 20.6 Å². The van der Waals surface area contributed by atoms with Crippen molar-refractivity contribution in [3.8, 4) is 0 Å². The maximum atomic E-state index is 5.42.